The average molecular weight is 449 g/mol. The molecule has 0 atom stereocenters. The van der Waals surface area contributed by atoms with Gasteiger partial charge < -0.3 is 24.5 Å². The minimum Gasteiger partial charge on any atom is -0.489 e. The number of aromatic nitrogens is 3. The van der Waals surface area contributed by atoms with E-state index in [9.17, 15) is 4.79 Å². The lowest BCUT2D eigenvalue weighted by molar-refractivity contribution is 0.154. The van der Waals surface area contributed by atoms with Crippen molar-refractivity contribution in [1.82, 2.24) is 14.5 Å². The summed E-state index contributed by atoms with van der Waals surface area (Å²) in [5.74, 6) is 1.72. The van der Waals surface area contributed by atoms with Gasteiger partial charge in [-0.2, -0.15) is 0 Å². The van der Waals surface area contributed by atoms with Crippen LogP contribution in [0.4, 0.5) is 4.79 Å². The number of nitrogens with zero attached hydrogens (tertiary/aromatic N) is 3. The van der Waals surface area contributed by atoms with Crippen LogP contribution in [0.25, 0.3) is 21.9 Å². The topological polar surface area (TPSA) is 101 Å². The molecule has 2 heterocycles. The van der Waals surface area contributed by atoms with Crippen LogP contribution < -0.4 is 10.5 Å². The molecule has 8 heteroatoms. The van der Waals surface area contributed by atoms with Crippen LogP contribution in [0.5, 0.6) is 5.75 Å². The van der Waals surface area contributed by atoms with E-state index < -0.39 is 6.09 Å². The van der Waals surface area contributed by atoms with Crippen LogP contribution in [-0.2, 0) is 29.0 Å². The molecule has 4 aromatic rings. The third kappa shape index (κ3) is 5.59. The first-order chi connectivity index (χ1) is 16.2. The van der Waals surface area contributed by atoms with Gasteiger partial charge in [-0.05, 0) is 30.5 Å². The number of benzene rings is 2. The zero-order chi connectivity index (χ0) is 23.0. The van der Waals surface area contributed by atoms with E-state index in [1.165, 1.54) is 0 Å². The van der Waals surface area contributed by atoms with Crippen molar-refractivity contribution in [3.8, 4) is 5.75 Å². The Bertz CT molecular complexity index is 1220. The Hall–Kier alpha value is -3.65. The van der Waals surface area contributed by atoms with Crippen molar-refractivity contribution in [1.29, 1.82) is 0 Å². The summed E-state index contributed by atoms with van der Waals surface area (Å²) >= 11 is 0. The summed E-state index contributed by atoms with van der Waals surface area (Å²) in [6.07, 6.45) is 3.30. The molecular weight excluding hydrogens is 420 g/mol. The highest BCUT2D eigenvalue weighted by Gasteiger charge is 2.15. The lowest BCUT2D eigenvalue weighted by Gasteiger charge is -2.11. The van der Waals surface area contributed by atoms with Gasteiger partial charge in [-0.15, -0.1) is 0 Å². The van der Waals surface area contributed by atoms with Gasteiger partial charge in [0.1, 0.15) is 23.7 Å². The van der Waals surface area contributed by atoms with E-state index >= 15 is 0 Å². The van der Waals surface area contributed by atoms with Gasteiger partial charge in [0.05, 0.1) is 30.4 Å². The molecule has 0 saturated heterocycles. The number of hydrogen-bond donors (Lipinski definition) is 1. The van der Waals surface area contributed by atoms with Crippen LogP contribution in [0.3, 0.4) is 0 Å². The average Bonchev–Trinajstić information content (AvgIpc) is 3.19. The summed E-state index contributed by atoms with van der Waals surface area (Å²) in [7, 11) is 1.68. The second-order valence-corrected chi connectivity index (χ2v) is 7.74. The number of hydrogen-bond acceptors (Lipinski definition) is 6. The third-order valence-electron chi connectivity index (χ3n) is 5.42. The number of amides is 1. The highest BCUT2D eigenvalue weighted by molar-refractivity contribution is 6.02. The van der Waals surface area contributed by atoms with Gasteiger partial charge in [-0.1, -0.05) is 30.3 Å². The Morgan fingerprint density at radius 2 is 1.91 bits per heavy atom. The highest BCUT2D eigenvalue weighted by Crippen LogP contribution is 2.28. The minimum atomic E-state index is -0.744. The van der Waals surface area contributed by atoms with Crippen LogP contribution in [-0.4, -0.2) is 41.0 Å². The number of carbonyl (C=O) groups excluding carboxylic acids is 1. The molecule has 4 rings (SSSR count). The largest absolute Gasteiger partial charge is 0.489 e. The molecule has 1 amide bonds. The zero-order valence-corrected chi connectivity index (χ0v) is 18.7. The maximum absolute atomic E-state index is 10.8. The van der Waals surface area contributed by atoms with Crippen molar-refractivity contribution in [2.24, 2.45) is 5.73 Å². The summed E-state index contributed by atoms with van der Waals surface area (Å²) in [6, 6.07) is 16.0. The molecule has 0 spiro atoms. The van der Waals surface area contributed by atoms with Gasteiger partial charge in [0.2, 0.25) is 0 Å². The van der Waals surface area contributed by atoms with Crippen molar-refractivity contribution < 1.29 is 19.0 Å². The first kappa shape index (κ1) is 22.5. The van der Waals surface area contributed by atoms with Crippen LogP contribution in [0.2, 0.25) is 0 Å². The van der Waals surface area contributed by atoms with Crippen LogP contribution in [0.15, 0.2) is 54.7 Å². The third-order valence-corrected chi connectivity index (χ3v) is 5.42. The number of unbranched alkanes of at least 4 members (excludes halogenated alkanes) is 1. The lowest BCUT2D eigenvalue weighted by atomic mass is 10.1. The van der Waals surface area contributed by atoms with E-state index in [2.05, 4.69) is 9.55 Å². The van der Waals surface area contributed by atoms with Crippen molar-refractivity contribution in [3.05, 3.63) is 66.1 Å². The van der Waals surface area contributed by atoms with Crippen LogP contribution in [0, 0.1) is 0 Å². The minimum absolute atomic E-state index is 0.305. The molecule has 172 valence electrons. The fourth-order valence-corrected chi connectivity index (χ4v) is 3.84. The number of imidazole rings is 1. The van der Waals surface area contributed by atoms with Gasteiger partial charge in [-0.3, -0.25) is 4.98 Å². The zero-order valence-electron chi connectivity index (χ0n) is 18.7. The van der Waals surface area contributed by atoms with Gasteiger partial charge in [0.15, 0.2) is 0 Å². The van der Waals surface area contributed by atoms with E-state index in [1.54, 1.807) is 7.11 Å². The van der Waals surface area contributed by atoms with E-state index in [-0.39, 0.29) is 0 Å². The summed E-state index contributed by atoms with van der Waals surface area (Å²) in [6.45, 7) is 2.13. The van der Waals surface area contributed by atoms with Crippen molar-refractivity contribution in [2.45, 2.75) is 32.4 Å². The predicted octanol–water partition coefficient (Wildman–Crippen LogP) is 4.23. The second kappa shape index (κ2) is 10.8. The molecule has 8 nitrogen and oxygen atoms in total. The fourth-order valence-electron chi connectivity index (χ4n) is 3.84. The van der Waals surface area contributed by atoms with E-state index in [4.69, 9.17) is 24.9 Å². The molecule has 2 aromatic carbocycles. The molecule has 0 radical (unpaired) electrons. The van der Waals surface area contributed by atoms with Gasteiger partial charge in [0, 0.05) is 31.5 Å². The molecule has 0 bridgehead atoms. The van der Waals surface area contributed by atoms with Crippen LogP contribution in [0.1, 0.15) is 24.2 Å². The van der Waals surface area contributed by atoms with Crippen LogP contribution >= 0.6 is 0 Å². The predicted molar refractivity (Wildman–Crippen MR) is 126 cm³/mol. The Labute approximate surface area is 192 Å². The summed E-state index contributed by atoms with van der Waals surface area (Å²) in [5.41, 5.74) is 8.89. The van der Waals surface area contributed by atoms with Gasteiger partial charge in [-0.25, -0.2) is 9.78 Å². The molecule has 33 heavy (non-hydrogen) atoms. The Morgan fingerprint density at radius 3 is 2.70 bits per heavy atom. The monoisotopic (exact) mass is 448 g/mol. The number of rotatable bonds is 11. The van der Waals surface area contributed by atoms with Gasteiger partial charge >= 0.3 is 6.09 Å². The number of nitrogens with two attached hydrogens (primary N) is 1. The smallest absolute Gasteiger partial charge is 0.404 e. The standard InChI is InChI=1S/C25H28N4O4/c1-31-14-11-23-28-22-16-27-21-15-19(33-17-18-7-3-2-4-8-18)9-10-20(21)24(22)29(23)12-5-6-13-32-25(26)30/h2-4,7-10,15-16H,5-6,11-14,17H2,1H3,(H2,26,30). The molecule has 2 aromatic heterocycles. The van der Waals surface area contributed by atoms with Gasteiger partial charge in [0.25, 0.3) is 0 Å². The Morgan fingerprint density at radius 1 is 1.06 bits per heavy atom. The summed E-state index contributed by atoms with van der Waals surface area (Å²) < 4.78 is 18.3. The summed E-state index contributed by atoms with van der Waals surface area (Å²) in [5, 5.41) is 1.02. The molecule has 0 fully saturated rings. The molecular formula is C25H28N4O4. The lowest BCUT2D eigenvalue weighted by Crippen LogP contribution is -2.14. The van der Waals surface area contributed by atoms with Crippen molar-refractivity contribution >= 4 is 28.0 Å². The number of methoxy groups -OCH3 is 1. The molecule has 0 saturated carbocycles. The number of aryl methyl sites for hydroxylation is 1. The molecule has 0 aliphatic rings. The first-order valence-electron chi connectivity index (χ1n) is 11.0. The van der Waals surface area contributed by atoms with Crippen molar-refractivity contribution in [3.63, 3.8) is 0 Å². The number of carbonyl (C=O) groups is 1. The van der Waals surface area contributed by atoms with E-state index in [0.717, 1.165) is 52.0 Å². The SMILES string of the molecule is COCCc1nc2cnc3cc(OCc4ccccc4)ccc3c2n1CCCCOC(N)=O. The number of pyridine rings is 1. The fraction of sp³-hybridized carbons (Fsp3) is 0.320. The van der Waals surface area contributed by atoms with E-state index in [0.29, 0.717) is 32.7 Å². The first-order valence-corrected chi connectivity index (χ1v) is 11.0. The molecule has 0 unspecified atom stereocenters. The quantitative estimate of drug-likeness (QED) is 0.345. The summed E-state index contributed by atoms with van der Waals surface area (Å²) in [4.78, 5) is 20.2. The van der Waals surface area contributed by atoms with Crippen molar-refractivity contribution in [2.75, 3.05) is 20.3 Å². The Kier molecular flexibility index (Phi) is 7.36. The second-order valence-electron chi connectivity index (χ2n) is 7.74. The van der Waals surface area contributed by atoms with E-state index in [1.807, 2.05) is 54.7 Å². The number of primary amides is 1. The maximum Gasteiger partial charge on any atom is 0.404 e. The molecule has 0 aliphatic carbocycles. The maximum atomic E-state index is 10.8. The normalized spacial score (nSPS) is 11.2. The number of fused-ring (bicyclic) bond motifs is 3. The Balaban J connectivity index is 1.60. The molecule has 2 N–H and O–H groups in total. The molecule has 0 aliphatic heterocycles. The highest BCUT2D eigenvalue weighted by atomic mass is 16.5. The number of ether oxygens (including phenoxy) is 3.